The van der Waals surface area contributed by atoms with Crippen molar-refractivity contribution in [3.05, 3.63) is 0 Å². The number of hydrogen-bond donors (Lipinski definition) is 1. The number of carbonyl (C=O) groups excluding carboxylic acids is 1. The van der Waals surface area contributed by atoms with Crippen molar-refractivity contribution in [1.29, 1.82) is 0 Å². The molecule has 1 aliphatic heterocycles. The molecule has 1 heterocycles. The Labute approximate surface area is 79.2 Å². The van der Waals surface area contributed by atoms with Gasteiger partial charge in [0.2, 0.25) is 0 Å². The van der Waals surface area contributed by atoms with Crippen molar-refractivity contribution in [2.24, 2.45) is 0 Å². The van der Waals surface area contributed by atoms with Crippen molar-refractivity contribution in [2.45, 2.75) is 12.5 Å². The molecular formula is C9H18N2O2. The van der Waals surface area contributed by atoms with E-state index in [4.69, 9.17) is 4.74 Å². The van der Waals surface area contributed by atoms with E-state index in [0.717, 1.165) is 45.6 Å². The van der Waals surface area contributed by atoms with E-state index in [0.29, 0.717) is 0 Å². The molecule has 0 amide bonds. The van der Waals surface area contributed by atoms with Crippen LogP contribution >= 0.6 is 0 Å². The molecule has 13 heavy (non-hydrogen) atoms. The van der Waals surface area contributed by atoms with E-state index < -0.39 is 0 Å². The van der Waals surface area contributed by atoms with Crippen LogP contribution in [0.1, 0.15) is 6.42 Å². The zero-order valence-corrected chi connectivity index (χ0v) is 8.16. The molecule has 4 nitrogen and oxygen atoms in total. The van der Waals surface area contributed by atoms with Crippen molar-refractivity contribution in [3.63, 3.8) is 0 Å². The van der Waals surface area contributed by atoms with Gasteiger partial charge in [0.1, 0.15) is 6.29 Å². The van der Waals surface area contributed by atoms with Gasteiger partial charge >= 0.3 is 0 Å². The lowest BCUT2D eigenvalue weighted by Gasteiger charge is -2.27. The highest BCUT2D eigenvalue weighted by molar-refractivity contribution is 5.57. The molecule has 1 N–H and O–H groups in total. The van der Waals surface area contributed by atoms with Crippen LogP contribution in [0.5, 0.6) is 0 Å². The van der Waals surface area contributed by atoms with Gasteiger partial charge in [0.05, 0.1) is 19.3 Å². The second-order valence-electron chi connectivity index (χ2n) is 3.27. The molecular weight excluding hydrogens is 168 g/mol. The molecule has 0 spiro atoms. The summed E-state index contributed by atoms with van der Waals surface area (Å²) in [7, 11) is 1.82. The van der Waals surface area contributed by atoms with Crippen molar-refractivity contribution < 1.29 is 9.53 Å². The molecule has 1 saturated heterocycles. The first kappa shape index (κ1) is 10.6. The average Bonchev–Trinajstić information content (AvgIpc) is 2.21. The fourth-order valence-electron chi connectivity index (χ4n) is 1.43. The number of likely N-dealkylation sites (N-methyl/N-ethyl adjacent to an activating group) is 1. The maximum Gasteiger partial charge on any atom is 0.136 e. The summed E-state index contributed by atoms with van der Waals surface area (Å²) in [5.74, 6) is 0. The third-order valence-electron chi connectivity index (χ3n) is 2.40. The van der Waals surface area contributed by atoms with Crippen molar-refractivity contribution >= 4 is 6.29 Å². The van der Waals surface area contributed by atoms with Crippen LogP contribution < -0.4 is 5.32 Å². The second-order valence-corrected chi connectivity index (χ2v) is 3.27. The van der Waals surface area contributed by atoms with Crippen LogP contribution in [0, 0.1) is 0 Å². The van der Waals surface area contributed by atoms with Crippen LogP contribution in [-0.4, -0.2) is 57.1 Å². The summed E-state index contributed by atoms with van der Waals surface area (Å²) in [6.45, 7) is 4.62. The quantitative estimate of drug-likeness (QED) is 0.587. The molecule has 0 aromatic carbocycles. The van der Waals surface area contributed by atoms with Gasteiger partial charge in [-0.3, -0.25) is 4.90 Å². The number of nitrogens with one attached hydrogen (secondary N) is 1. The summed E-state index contributed by atoms with van der Waals surface area (Å²) >= 11 is 0. The Morgan fingerprint density at radius 1 is 1.54 bits per heavy atom. The van der Waals surface area contributed by atoms with Gasteiger partial charge in [-0.2, -0.15) is 0 Å². The minimum atomic E-state index is 0.00263. The van der Waals surface area contributed by atoms with Gasteiger partial charge in [0.25, 0.3) is 0 Å². The molecule has 1 rings (SSSR count). The molecule has 0 aliphatic carbocycles. The van der Waals surface area contributed by atoms with Gasteiger partial charge in [-0.05, 0) is 13.5 Å². The zero-order valence-electron chi connectivity index (χ0n) is 8.16. The Bertz CT molecular complexity index is 147. The molecule has 0 aromatic heterocycles. The highest BCUT2D eigenvalue weighted by atomic mass is 16.5. The summed E-state index contributed by atoms with van der Waals surface area (Å²) in [6, 6.07) is 0.00263. The molecule has 0 saturated carbocycles. The number of morpholine rings is 1. The Morgan fingerprint density at radius 3 is 2.77 bits per heavy atom. The lowest BCUT2D eigenvalue weighted by Crippen LogP contribution is -2.39. The van der Waals surface area contributed by atoms with Gasteiger partial charge in [-0.25, -0.2) is 0 Å². The Morgan fingerprint density at radius 2 is 2.23 bits per heavy atom. The van der Waals surface area contributed by atoms with Crippen molar-refractivity contribution in [2.75, 3.05) is 39.9 Å². The number of nitrogens with zero attached hydrogens (tertiary/aromatic N) is 1. The van der Waals surface area contributed by atoms with E-state index in [2.05, 4.69) is 10.2 Å². The summed E-state index contributed by atoms with van der Waals surface area (Å²) in [5, 5.41) is 2.97. The van der Waals surface area contributed by atoms with Gasteiger partial charge in [-0.1, -0.05) is 0 Å². The minimum absolute atomic E-state index is 0.00263. The van der Waals surface area contributed by atoms with E-state index in [1.54, 1.807) is 0 Å². The molecule has 0 unspecified atom stereocenters. The highest BCUT2D eigenvalue weighted by Gasteiger charge is 2.11. The number of rotatable bonds is 5. The molecule has 0 radical (unpaired) electrons. The Hall–Kier alpha value is -0.450. The van der Waals surface area contributed by atoms with E-state index in [1.807, 2.05) is 7.05 Å². The zero-order chi connectivity index (χ0) is 9.52. The molecule has 0 aromatic rings. The molecule has 4 heteroatoms. The maximum absolute atomic E-state index is 10.5. The standard InChI is InChI=1S/C9H18N2O2/c1-10-9(8-12)2-3-11-4-6-13-7-5-11/h8-10H,2-7H2,1H3/t9-/m0/s1. The molecule has 0 bridgehead atoms. The summed E-state index contributed by atoms with van der Waals surface area (Å²) in [4.78, 5) is 12.8. The molecule has 1 atom stereocenters. The normalized spacial score (nSPS) is 21.3. The number of carbonyl (C=O) groups is 1. The first-order valence-electron chi connectivity index (χ1n) is 4.79. The van der Waals surface area contributed by atoms with Gasteiger partial charge in [0, 0.05) is 19.6 Å². The van der Waals surface area contributed by atoms with Crippen molar-refractivity contribution in [3.8, 4) is 0 Å². The second kappa shape index (κ2) is 6.07. The summed E-state index contributed by atoms with van der Waals surface area (Å²) in [6.07, 6.45) is 1.86. The predicted octanol–water partition coefficient (Wildman–Crippen LogP) is -0.504. The summed E-state index contributed by atoms with van der Waals surface area (Å²) < 4.78 is 5.23. The number of hydrogen-bond acceptors (Lipinski definition) is 4. The lowest BCUT2D eigenvalue weighted by molar-refractivity contribution is -0.109. The maximum atomic E-state index is 10.5. The van der Waals surface area contributed by atoms with Gasteiger partial charge in [-0.15, -0.1) is 0 Å². The van der Waals surface area contributed by atoms with Crippen LogP contribution in [0.4, 0.5) is 0 Å². The van der Waals surface area contributed by atoms with Crippen LogP contribution in [0.25, 0.3) is 0 Å². The smallest absolute Gasteiger partial charge is 0.136 e. The van der Waals surface area contributed by atoms with Gasteiger partial charge in [0.15, 0.2) is 0 Å². The van der Waals surface area contributed by atoms with E-state index in [9.17, 15) is 4.79 Å². The molecule has 1 aliphatic rings. The third-order valence-corrected chi connectivity index (χ3v) is 2.40. The molecule has 76 valence electrons. The number of ether oxygens (including phenoxy) is 1. The molecule has 1 fully saturated rings. The van der Waals surface area contributed by atoms with Crippen LogP contribution in [0.2, 0.25) is 0 Å². The van der Waals surface area contributed by atoms with Crippen LogP contribution in [-0.2, 0) is 9.53 Å². The first-order chi connectivity index (χ1) is 6.36. The van der Waals surface area contributed by atoms with E-state index >= 15 is 0 Å². The monoisotopic (exact) mass is 186 g/mol. The van der Waals surface area contributed by atoms with Crippen LogP contribution in [0.3, 0.4) is 0 Å². The topological polar surface area (TPSA) is 41.6 Å². The van der Waals surface area contributed by atoms with Gasteiger partial charge < -0.3 is 14.8 Å². The van der Waals surface area contributed by atoms with Crippen LogP contribution in [0.15, 0.2) is 0 Å². The van der Waals surface area contributed by atoms with Crippen molar-refractivity contribution in [1.82, 2.24) is 10.2 Å². The van der Waals surface area contributed by atoms with E-state index in [1.165, 1.54) is 0 Å². The first-order valence-corrected chi connectivity index (χ1v) is 4.79. The Kier molecular flexibility index (Phi) is 4.97. The average molecular weight is 186 g/mol. The third kappa shape index (κ3) is 3.85. The SMILES string of the molecule is CN[C@H](C=O)CCN1CCOCC1. The number of aldehydes is 1. The van der Waals surface area contributed by atoms with E-state index in [-0.39, 0.29) is 6.04 Å². The predicted molar refractivity (Wildman–Crippen MR) is 50.8 cm³/mol. The lowest BCUT2D eigenvalue weighted by atomic mass is 10.2. The fraction of sp³-hybridized carbons (Fsp3) is 0.889. The summed E-state index contributed by atoms with van der Waals surface area (Å²) in [5.41, 5.74) is 0. The highest BCUT2D eigenvalue weighted by Crippen LogP contribution is 1.99. The Balaban J connectivity index is 2.12. The largest absolute Gasteiger partial charge is 0.379 e. The fourth-order valence-corrected chi connectivity index (χ4v) is 1.43. The minimum Gasteiger partial charge on any atom is -0.379 e.